The van der Waals surface area contributed by atoms with Crippen LogP contribution in [0.2, 0.25) is 0 Å². The number of carboxylic acids is 1. The van der Waals surface area contributed by atoms with Gasteiger partial charge in [-0.05, 0) is 29.8 Å². The summed E-state index contributed by atoms with van der Waals surface area (Å²) >= 11 is 0. The van der Waals surface area contributed by atoms with Gasteiger partial charge in [0, 0.05) is 6.42 Å². The van der Waals surface area contributed by atoms with Crippen LogP contribution in [-0.4, -0.2) is 36.7 Å². The topological polar surface area (TPSA) is 84.9 Å². The predicted molar refractivity (Wildman–Crippen MR) is 88.2 cm³/mol. The molecule has 2 aromatic carbocycles. The number of nitrogens with one attached hydrogen (secondary N) is 1. The van der Waals surface area contributed by atoms with Gasteiger partial charge in [-0.15, -0.1) is 0 Å². The van der Waals surface area contributed by atoms with E-state index in [1.54, 1.807) is 31.4 Å². The molecule has 0 saturated heterocycles. The molecule has 6 nitrogen and oxygen atoms in total. The molecule has 126 valence electrons. The maximum Gasteiger partial charge on any atom is 0.326 e. The Bertz CT molecular complexity index is 670. The average Bonchev–Trinajstić information content (AvgIpc) is 2.60. The molecule has 24 heavy (non-hydrogen) atoms. The Kier molecular flexibility index (Phi) is 6.19. The molecule has 0 heterocycles. The van der Waals surface area contributed by atoms with Gasteiger partial charge >= 0.3 is 5.97 Å². The Hall–Kier alpha value is -3.02. The molecule has 6 heteroatoms. The summed E-state index contributed by atoms with van der Waals surface area (Å²) in [5.74, 6) is -0.396. The van der Waals surface area contributed by atoms with Gasteiger partial charge in [0.15, 0.2) is 6.61 Å². The molecule has 0 bridgehead atoms. The van der Waals surface area contributed by atoms with Gasteiger partial charge in [-0.1, -0.05) is 30.3 Å². The zero-order valence-electron chi connectivity index (χ0n) is 13.3. The van der Waals surface area contributed by atoms with Crippen LogP contribution in [-0.2, 0) is 16.0 Å². The van der Waals surface area contributed by atoms with Crippen molar-refractivity contribution in [3.8, 4) is 11.5 Å². The standard InChI is InChI=1S/C18H19NO5/c1-23-14-7-9-15(10-8-14)24-12-17(20)19-16(18(21)22)11-13-5-3-2-4-6-13/h2-10,16H,11-12H2,1H3,(H,19,20)(H,21,22)/t16-/m0/s1. The summed E-state index contributed by atoms with van der Waals surface area (Å²) < 4.78 is 10.4. The van der Waals surface area contributed by atoms with Crippen molar-refractivity contribution in [1.82, 2.24) is 5.32 Å². The van der Waals surface area contributed by atoms with Gasteiger partial charge < -0.3 is 19.9 Å². The molecule has 1 atom stereocenters. The number of aliphatic carboxylic acids is 1. The van der Waals surface area contributed by atoms with Crippen molar-refractivity contribution in [3.05, 3.63) is 60.2 Å². The minimum Gasteiger partial charge on any atom is -0.497 e. The second-order valence-corrected chi connectivity index (χ2v) is 5.11. The van der Waals surface area contributed by atoms with Gasteiger partial charge in [0.1, 0.15) is 17.5 Å². The van der Waals surface area contributed by atoms with Crippen molar-refractivity contribution in [1.29, 1.82) is 0 Å². The minimum absolute atomic E-state index is 0.213. The van der Waals surface area contributed by atoms with E-state index in [0.717, 1.165) is 5.56 Å². The Morgan fingerprint density at radius 2 is 1.67 bits per heavy atom. The van der Waals surface area contributed by atoms with Gasteiger partial charge in [0.2, 0.25) is 0 Å². The van der Waals surface area contributed by atoms with E-state index in [2.05, 4.69) is 5.32 Å². The molecule has 0 aromatic heterocycles. The maximum absolute atomic E-state index is 11.9. The number of hydrogen-bond acceptors (Lipinski definition) is 4. The highest BCUT2D eigenvalue weighted by Crippen LogP contribution is 2.16. The highest BCUT2D eigenvalue weighted by Gasteiger charge is 2.20. The van der Waals surface area contributed by atoms with Gasteiger partial charge in [0.25, 0.3) is 5.91 Å². The van der Waals surface area contributed by atoms with Crippen molar-refractivity contribution in [2.24, 2.45) is 0 Å². The number of rotatable bonds is 8. The van der Waals surface area contributed by atoms with Crippen molar-refractivity contribution in [2.75, 3.05) is 13.7 Å². The molecule has 0 fully saturated rings. The van der Waals surface area contributed by atoms with Crippen molar-refractivity contribution < 1.29 is 24.2 Å². The lowest BCUT2D eigenvalue weighted by molar-refractivity contribution is -0.142. The predicted octanol–water partition coefficient (Wildman–Crippen LogP) is 1.89. The molecule has 0 radical (unpaired) electrons. The van der Waals surface area contributed by atoms with Crippen LogP contribution in [0.15, 0.2) is 54.6 Å². The molecule has 0 aliphatic rings. The molecule has 0 aliphatic carbocycles. The number of benzene rings is 2. The largest absolute Gasteiger partial charge is 0.497 e. The van der Waals surface area contributed by atoms with E-state index in [-0.39, 0.29) is 13.0 Å². The normalized spacial score (nSPS) is 11.4. The van der Waals surface area contributed by atoms with Gasteiger partial charge in [-0.2, -0.15) is 0 Å². The summed E-state index contributed by atoms with van der Waals surface area (Å²) in [6.07, 6.45) is 0.213. The van der Waals surface area contributed by atoms with Gasteiger partial charge in [-0.3, -0.25) is 4.79 Å². The summed E-state index contributed by atoms with van der Waals surface area (Å²) in [6.45, 7) is -0.259. The Morgan fingerprint density at radius 1 is 1.04 bits per heavy atom. The number of carbonyl (C=O) groups is 2. The fraction of sp³-hybridized carbons (Fsp3) is 0.222. The molecular formula is C18H19NO5. The van der Waals surface area contributed by atoms with Crippen LogP contribution in [0.25, 0.3) is 0 Å². The summed E-state index contributed by atoms with van der Waals surface area (Å²) in [5, 5.41) is 11.7. The van der Waals surface area contributed by atoms with Crippen LogP contribution in [0.5, 0.6) is 11.5 Å². The molecule has 0 spiro atoms. The molecular weight excluding hydrogens is 310 g/mol. The summed E-state index contributed by atoms with van der Waals surface area (Å²) in [4.78, 5) is 23.2. The first-order valence-electron chi connectivity index (χ1n) is 7.41. The minimum atomic E-state index is -1.09. The highest BCUT2D eigenvalue weighted by atomic mass is 16.5. The third kappa shape index (κ3) is 5.31. The van der Waals surface area contributed by atoms with E-state index >= 15 is 0 Å². The second-order valence-electron chi connectivity index (χ2n) is 5.11. The van der Waals surface area contributed by atoms with E-state index in [4.69, 9.17) is 9.47 Å². The molecule has 0 saturated carbocycles. The number of ether oxygens (including phenoxy) is 2. The van der Waals surface area contributed by atoms with Crippen LogP contribution in [0.1, 0.15) is 5.56 Å². The number of carbonyl (C=O) groups excluding carboxylic acids is 1. The summed E-state index contributed by atoms with van der Waals surface area (Å²) in [5.41, 5.74) is 0.835. The Morgan fingerprint density at radius 3 is 2.25 bits per heavy atom. The first-order valence-corrected chi connectivity index (χ1v) is 7.41. The number of amides is 1. The molecule has 2 N–H and O–H groups in total. The quantitative estimate of drug-likeness (QED) is 0.772. The van der Waals surface area contributed by atoms with E-state index in [0.29, 0.717) is 11.5 Å². The van der Waals surface area contributed by atoms with Crippen molar-refractivity contribution in [3.63, 3.8) is 0 Å². The molecule has 0 aliphatic heterocycles. The van der Waals surface area contributed by atoms with Crippen LogP contribution in [0, 0.1) is 0 Å². The fourth-order valence-electron chi connectivity index (χ4n) is 2.11. The smallest absolute Gasteiger partial charge is 0.326 e. The number of hydrogen-bond donors (Lipinski definition) is 2. The Labute approximate surface area is 140 Å². The molecule has 0 unspecified atom stereocenters. The van der Waals surface area contributed by atoms with Gasteiger partial charge in [0.05, 0.1) is 7.11 Å². The zero-order chi connectivity index (χ0) is 17.4. The summed E-state index contributed by atoms with van der Waals surface area (Å²) in [6, 6.07) is 14.9. The van der Waals surface area contributed by atoms with Gasteiger partial charge in [-0.25, -0.2) is 4.79 Å². The Balaban J connectivity index is 1.87. The first kappa shape index (κ1) is 17.3. The van der Waals surface area contributed by atoms with Crippen LogP contribution in [0.3, 0.4) is 0 Å². The lowest BCUT2D eigenvalue weighted by Gasteiger charge is -2.15. The maximum atomic E-state index is 11.9. The third-order valence-corrected chi connectivity index (χ3v) is 3.35. The van der Waals surface area contributed by atoms with Crippen molar-refractivity contribution in [2.45, 2.75) is 12.5 Å². The third-order valence-electron chi connectivity index (χ3n) is 3.35. The van der Waals surface area contributed by atoms with E-state index in [1.165, 1.54) is 0 Å². The summed E-state index contributed by atoms with van der Waals surface area (Å²) in [7, 11) is 1.56. The molecule has 2 aromatic rings. The number of methoxy groups -OCH3 is 1. The van der Waals surface area contributed by atoms with Crippen LogP contribution >= 0.6 is 0 Å². The van der Waals surface area contributed by atoms with E-state index in [9.17, 15) is 14.7 Å². The average molecular weight is 329 g/mol. The second kappa shape index (κ2) is 8.57. The molecule has 2 rings (SSSR count). The van der Waals surface area contributed by atoms with Crippen LogP contribution in [0.4, 0.5) is 0 Å². The lowest BCUT2D eigenvalue weighted by atomic mass is 10.1. The van der Waals surface area contributed by atoms with E-state index in [1.807, 2.05) is 30.3 Å². The molecule has 1 amide bonds. The fourth-order valence-corrected chi connectivity index (χ4v) is 2.11. The highest BCUT2D eigenvalue weighted by molar-refractivity contribution is 5.84. The monoisotopic (exact) mass is 329 g/mol. The first-order chi connectivity index (χ1) is 11.6. The van der Waals surface area contributed by atoms with Crippen LogP contribution < -0.4 is 14.8 Å². The van der Waals surface area contributed by atoms with Crippen molar-refractivity contribution >= 4 is 11.9 Å². The zero-order valence-corrected chi connectivity index (χ0v) is 13.3. The number of carboxylic acid groups (broad SMARTS) is 1. The van der Waals surface area contributed by atoms with E-state index < -0.39 is 17.9 Å². The SMILES string of the molecule is COc1ccc(OCC(=O)N[C@@H](Cc2ccccc2)C(=O)O)cc1. The lowest BCUT2D eigenvalue weighted by Crippen LogP contribution is -2.44.